The summed E-state index contributed by atoms with van der Waals surface area (Å²) in [5.74, 6) is 2.03. The van der Waals surface area contributed by atoms with Crippen LogP contribution in [0.25, 0.3) is 10.9 Å². The van der Waals surface area contributed by atoms with Gasteiger partial charge in [-0.25, -0.2) is 4.98 Å². The molecule has 1 aliphatic heterocycles. The third-order valence-corrected chi connectivity index (χ3v) is 4.84. The molecule has 23 heavy (non-hydrogen) atoms. The van der Waals surface area contributed by atoms with Crippen LogP contribution in [-0.2, 0) is 16.1 Å². The van der Waals surface area contributed by atoms with Crippen LogP contribution >= 0.6 is 11.8 Å². The molecule has 6 nitrogen and oxygen atoms in total. The topological polar surface area (TPSA) is 75.3 Å². The summed E-state index contributed by atoms with van der Waals surface area (Å²) in [5.41, 5.74) is 0.523. The Labute approximate surface area is 138 Å². The van der Waals surface area contributed by atoms with Gasteiger partial charge in [-0.1, -0.05) is 12.1 Å². The van der Waals surface area contributed by atoms with Crippen LogP contribution in [0.3, 0.4) is 0 Å². The highest BCUT2D eigenvalue weighted by molar-refractivity contribution is 7.99. The van der Waals surface area contributed by atoms with Crippen molar-refractivity contribution >= 4 is 28.6 Å². The highest BCUT2D eigenvalue weighted by Gasteiger charge is 2.30. The maximum absolute atomic E-state index is 12.1. The zero-order valence-corrected chi connectivity index (χ0v) is 13.8. The summed E-state index contributed by atoms with van der Waals surface area (Å²) in [5, 5.41) is 0.576. The quantitative estimate of drug-likeness (QED) is 0.853. The number of aromatic amines is 1. The van der Waals surface area contributed by atoms with Crippen molar-refractivity contribution in [3.63, 3.8) is 0 Å². The van der Waals surface area contributed by atoms with Crippen molar-refractivity contribution in [3.05, 3.63) is 40.4 Å². The van der Waals surface area contributed by atoms with E-state index >= 15 is 0 Å². The summed E-state index contributed by atoms with van der Waals surface area (Å²) in [6, 6.07) is 6.97. The second-order valence-corrected chi connectivity index (χ2v) is 6.49. The van der Waals surface area contributed by atoms with E-state index in [9.17, 15) is 9.59 Å². The summed E-state index contributed by atoms with van der Waals surface area (Å²) < 4.78 is 5.16. The van der Waals surface area contributed by atoms with Gasteiger partial charge in [0.2, 0.25) is 0 Å². The monoisotopic (exact) mass is 333 g/mol. The fraction of sp³-hybridized carbons (Fsp3) is 0.438. The summed E-state index contributed by atoms with van der Waals surface area (Å²) in [4.78, 5) is 33.6. The van der Waals surface area contributed by atoms with Crippen LogP contribution in [0.15, 0.2) is 29.1 Å². The van der Waals surface area contributed by atoms with E-state index in [1.807, 2.05) is 23.1 Å². The lowest BCUT2D eigenvalue weighted by molar-refractivity contribution is -0.149. The number of esters is 1. The number of rotatable bonds is 4. The molecule has 1 atom stereocenters. The predicted octanol–water partition coefficient (Wildman–Crippen LogP) is 1.40. The lowest BCUT2D eigenvalue weighted by Gasteiger charge is -2.33. The molecule has 3 rings (SSSR count). The van der Waals surface area contributed by atoms with E-state index < -0.39 is 0 Å². The highest BCUT2D eigenvalue weighted by Crippen LogP contribution is 2.19. The van der Waals surface area contributed by atoms with Gasteiger partial charge in [-0.15, -0.1) is 0 Å². The van der Waals surface area contributed by atoms with Crippen molar-refractivity contribution in [2.75, 3.05) is 24.7 Å². The van der Waals surface area contributed by atoms with Crippen molar-refractivity contribution in [1.82, 2.24) is 14.9 Å². The molecule has 1 aliphatic rings. The number of nitrogens with one attached hydrogen (secondary N) is 1. The number of carbonyl (C=O) groups is 1. The number of fused-ring (bicyclic) bond motifs is 1. The number of aromatic nitrogens is 2. The molecule has 7 heteroatoms. The first-order chi connectivity index (χ1) is 11.2. The fourth-order valence-electron chi connectivity index (χ4n) is 2.68. The van der Waals surface area contributed by atoms with Gasteiger partial charge in [0.05, 0.1) is 24.1 Å². The number of ether oxygens (including phenoxy) is 1. The molecule has 0 spiro atoms. The Morgan fingerprint density at radius 1 is 1.48 bits per heavy atom. The van der Waals surface area contributed by atoms with Gasteiger partial charge >= 0.3 is 5.97 Å². The summed E-state index contributed by atoms with van der Waals surface area (Å²) in [6.45, 7) is 3.38. The molecule has 0 unspecified atom stereocenters. The minimum atomic E-state index is -0.287. The molecular weight excluding hydrogens is 314 g/mol. The summed E-state index contributed by atoms with van der Waals surface area (Å²) in [7, 11) is 0. The zero-order valence-electron chi connectivity index (χ0n) is 12.9. The number of hydrogen-bond acceptors (Lipinski definition) is 6. The van der Waals surface area contributed by atoms with Crippen LogP contribution in [0.1, 0.15) is 12.7 Å². The summed E-state index contributed by atoms with van der Waals surface area (Å²) in [6.07, 6.45) is 0. The van der Waals surface area contributed by atoms with Crippen LogP contribution in [0.4, 0.5) is 0 Å². The Hall–Kier alpha value is -1.86. The van der Waals surface area contributed by atoms with Crippen molar-refractivity contribution in [2.24, 2.45) is 0 Å². The van der Waals surface area contributed by atoms with E-state index in [1.165, 1.54) is 0 Å². The van der Waals surface area contributed by atoms with Crippen LogP contribution in [-0.4, -0.2) is 51.5 Å². The molecule has 1 aromatic carbocycles. The van der Waals surface area contributed by atoms with Crippen LogP contribution < -0.4 is 5.56 Å². The normalized spacial score (nSPS) is 18.9. The molecular formula is C16H19N3O3S. The molecule has 0 aliphatic carbocycles. The Bertz CT molecular complexity index is 762. The number of carbonyl (C=O) groups excluding carboxylic acids is 1. The smallest absolute Gasteiger partial charge is 0.324 e. The van der Waals surface area contributed by atoms with Crippen LogP contribution in [0, 0.1) is 0 Å². The molecule has 0 amide bonds. The van der Waals surface area contributed by atoms with Crippen molar-refractivity contribution in [3.8, 4) is 0 Å². The second kappa shape index (κ2) is 7.14. The number of para-hydroxylation sites is 1. The Morgan fingerprint density at radius 2 is 2.30 bits per heavy atom. The first-order valence-electron chi connectivity index (χ1n) is 7.65. The molecule has 1 aromatic heterocycles. The van der Waals surface area contributed by atoms with Crippen molar-refractivity contribution < 1.29 is 9.53 Å². The lowest BCUT2D eigenvalue weighted by Crippen LogP contribution is -2.47. The first-order valence-corrected chi connectivity index (χ1v) is 8.81. The second-order valence-electron chi connectivity index (χ2n) is 5.34. The summed E-state index contributed by atoms with van der Waals surface area (Å²) >= 11 is 1.74. The zero-order chi connectivity index (χ0) is 16.2. The molecule has 0 bridgehead atoms. The average Bonchev–Trinajstić information content (AvgIpc) is 2.55. The van der Waals surface area contributed by atoms with Crippen LogP contribution in [0.2, 0.25) is 0 Å². The lowest BCUT2D eigenvalue weighted by atomic mass is 10.2. The van der Waals surface area contributed by atoms with Gasteiger partial charge in [0.1, 0.15) is 11.9 Å². The average molecular weight is 333 g/mol. The first kappa shape index (κ1) is 16.0. The largest absolute Gasteiger partial charge is 0.465 e. The SMILES string of the molecule is CCOC(=O)[C@H]1CSCCN1Cc1nc2ccccc2c(=O)[nH]1. The van der Waals surface area contributed by atoms with Crippen LogP contribution in [0.5, 0.6) is 0 Å². The number of hydrogen-bond donors (Lipinski definition) is 1. The van der Waals surface area contributed by atoms with Gasteiger partial charge in [-0.3, -0.25) is 14.5 Å². The van der Waals surface area contributed by atoms with Crippen molar-refractivity contribution in [2.45, 2.75) is 19.5 Å². The number of thioether (sulfide) groups is 1. The predicted molar refractivity (Wildman–Crippen MR) is 90.5 cm³/mol. The molecule has 0 radical (unpaired) electrons. The number of H-pyrrole nitrogens is 1. The third kappa shape index (κ3) is 3.56. The van der Waals surface area contributed by atoms with Gasteiger partial charge in [0, 0.05) is 18.1 Å². The van der Waals surface area contributed by atoms with E-state index in [1.54, 1.807) is 24.8 Å². The van der Waals surface area contributed by atoms with E-state index in [2.05, 4.69) is 9.97 Å². The maximum Gasteiger partial charge on any atom is 0.324 e. The van der Waals surface area contributed by atoms with Gasteiger partial charge in [-0.05, 0) is 19.1 Å². The molecule has 1 saturated heterocycles. The standard InChI is InChI=1S/C16H19N3O3S/c1-2-22-16(21)13-10-23-8-7-19(13)9-14-17-12-6-4-3-5-11(12)15(20)18-14/h3-6,13H,2,7-10H2,1H3,(H,17,18,20)/t13-/m1/s1. The van der Waals surface area contributed by atoms with Crippen molar-refractivity contribution in [1.29, 1.82) is 0 Å². The molecule has 1 fully saturated rings. The molecule has 2 heterocycles. The molecule has 1 N–H and O–H groups in total. The van der Waals surface area contributed by atoms with E-state index in [4.69, 9.17) is 4.74 Å². The number of benzene rings is 1. The molecule has 0 saturated carbocycles. The highest BCUT2D eigenvalue weighted by atomic mass is 32.2. The van der Waals surface area contributed by atoms with E-state index in [0.717, 1.165) is 12.3 Å². The Morgan fingerprint density at radius 3 is 3.13 bits per heavy atom. The minimum Gasteiger partial charge on any atom is -0.465 e. The van der Waals surface area contributed by atoms with E-state index in [-0.39, 0.29) is 17.6 Å². The van der Waals surface area contributed by atoms with E-state index in [0.29, 0.717) is 35.6 Å². The number of nitrogens with zero attached hydrogens (tertiary/aromatic N) is 2. The molecule has 122 valence electrons. The minimum absolute atomic E-state index is 0.148. The fourth-order valence-corrected chi connectivity index (χ4v) is 3.79. The Balaban J connectivity index is 1.84. The van der Waals surface area contributed by atoms with Gasteiger partial charge in [0.15, 0.2) is 0 Å². The third-order valence-electron chi connectivity index (χ3n) is 3.81. The van der Waals surface area contributed by atoms with Gasteiger partial charge in [0.25, 0.3) is 5.56 Å². The van der Waals surface area contributed by atoms with Gasteiger partial charge < -0.3 is 9.72 Å². The Kier molecular flexibility index (Phi) is 4.97. The maximum atomic E-state index is 12.1. The van der Waals surface area contributed by atoms with Gasteiger partial charge in [-0.2, -0.15) is 11.8 Å². The molecule has 2 aromatic rings.